The van der Waals surface area contributed by atoms with E-state index in [1.165, 1.54) is 0 Å². The van der Waals surface area contributed by atoms with Crippen LogP contribution in [0.15, 0.2) is 24.7 Å². The molecule has 0 N–H and O–H groups in total. The fraction of sp³-hybridized carbons (Fsp3) is 0.250. The van der Waals surface area contributed by atoms with Crippen LogP contribution < -0.4 is 0 Å². The van der Waals surface area contributed by atoms with Crippen molar-refractivity contribution in [1.82, 2.24) is 9.55 Å². The summed E-state index contributed by atoms with van der Waals surface area (Å²) in [7, 11) is 0. The highest BCUT2D eigenvalue weighted by Gasteiger charge is 1.92. The summed E-state index contributed by atoms with van der Waals surface area (Å²) in [5.74, 6) is 0. The van der Waals surface area contributed by atoms with Gasteiger partial charge < -0.3 is 4.57 Å². The maximum absolute atomic E-state index is 10.2. The Labute approximate surface area is 65.4 Å². The van der Waals surface area contributed by atoms with Crippen LogP contribution >= 0.6 is 0 Å². The van der Waals surface area contributed by atoms with Gasteiger partial charge in [-0.15, -0.1) is 0 Å². The minimum absolute atomic E-state index is 0.481. The SMILES string of the molecule is C/C=C/Cn1cnc(C=O)c1. The summed E-state index contributed by atoms with van der Waals surface area (Å²) in [6.07, 6.45) is 8.06. The quantitative estimate of drug-likeness (QED) is 0.480. The van der Waals surface area contributed by atoms with Crippen molar-refractivity contribution in [3.63, 3.8) is 0 Å². The zero-order valence-electron chi connectivity index (χ0n) is 6.40. The molecule has 0 bridgehead atoms. The van der Waals surface area contributed by atoms with Gasteiger partial charge in [0, 0.05) is 12.7 Å². The van der Waals surface area contributed by atoms with Crippen LogP contribution in [0.2, 0.25) is 0 Å². The molecule has 0 unspecified atom stereocenters. The van der Waals surface area contributed by atoms with Gasteiger partial charge in [0.25, 0.3) is 0 Å². The number of rotatable bonds is 3. The third-order valence-corrected chi connectivity index (χ3v) is 1.33. The van der Waals surface area contributed by atoms with Crippen molar-refractivity contribution in [1.29, 1.82) is 0 Å². The van der Waals surface area contributed by atoms with Gasteiger partial charge >= 0.3 is 0 Å². The van der Waals surface area contributed by atoms with Crippen LogP contribution in [-0.2, 0) is 6.54 Å². The molecule has 0 aliphatic rings. The molecule has 0 atom stereocenters. The average molecular weight is 150 g/mol. The highest BCUT2D eigenvalue weighted by atomic mass is 16.1. The Bertz CT molecular complexity index is 263. The maximum atomic E-state index is 10.2. The summed E-state index contributed by atoms with van der Waals surface area (Å²) in [5, 5.41) is 0. The van der Waals surface area contributed by atoms with Gasteiger partial charge in [-0.1, -0.05) is 12.2 Å². The van der Waals surface area contributed by atoms with E-state index >= 15 is 0 Å². The van der Waals surface area contributed by atoms with Gasteiger partial charge in [0.2, 0.25) is 0 Å². The third kappa shape index (κ3) is 2.04. The zero-order chi connectivity index (χ0) is 8.10. The van der Waals surface area contributed by atoms with E-state index in [1.807, 2.05) is 23.6 Å². The molecular formula is C8H10N2O. The molecule has 0 spiro atoms. The normalized spacial score (nSPS) is 10.6. The molecule has 0 fully saturated rings. The Kier molecular flexibility index (Phi) is 2.60. The van der Waals surface area contributed by atoms with Gasteiger partial charge in [-0.25, -0.2) is 4.98 Å². The molecule has 1 rings (SSSR count). The van der Waals surface area contributed by atoms with Crippen LogP contribution in [0.1, 0.15) is 17.4 Å². The van der Waals surface area contributed by atoms with E-state index in [1.54, 1.807) is 12.5 Å². The first kappa shape index (κ1) is 7.72. The number of carbonyl (C=O) groups is 1. The largest absolute Gasteiger partial charge is 0.333 e. The number of nitrogens with zero attached hydrogens (tertiary/aromatic N) is 2. The molecule has 58 valence electrons. The van der Waals surface area contributed by atoms with Crippen LogP contribution in [0.5, 0.6) is 0 Å². The van der Waals surface area contributed by atoms with Gasteiger partial charge in [0.1, 0.15) is 5.69 Å². The van der Waals surface area contributed by atoms with Crippen LogP contribution in [-0.4, -0.2) is 15.8 Å². The lowest BCUT2D eigenvalue weighted by molar-refractivity contribution is 0.111. The molecular weight excluding hydrogens is 140 g/mol. The van der Waals surface area contributed by atoms with Crippen molar-refractivity contribution in [2.45, 2.75) is 13.5 Å². The first-order valence-corrected chi connectivity index (χ1v) is 3.45. The molecule has 0 radical (unpaired) electrons. The number of allylic oxidation sites excluding steroid dienone is 2. The van der Waals surface area contributed by atoms with Crippen LogP contribution in [0, 0.1) is 0 Å². The number of carbonyl (C=O) groups excluding carboxylic acids is 1. The van der Waals surface area contributed by atoms with E-state index in [2.05, 4.69) is 4.98 Å². The van der Waals surface area contributed by atoms with Crippen molar-refractivity contribution < 1.29 is 4.79 Å². The van der Waals surface area contributed by atoms with E-state index in [9.17, 15) is 4.79 Å². The smallest absolute Gasteiger partial charge is 0.169 e. The molecule has 11 heavy (non-hydrogen) atoms. The lowest BCUT2D eigenvalue weighted by Gasteiger charge is -1.91. The van der Waals surface area contributed by atoms with Gasteiger partial charge in [0.05, 0.1) is 6.33 Å². The number of hydrogen-bond acceptors (Lipinski definition) is 2. The fourth-order valence-electron chi connectivity index (χ4n) is 0.765. The molecule has 0 aliphatic heterocycles. The predicted octanol–water partition coefficient (Wildman–Crippen LogP) is 1.27. The van der Waals surface area contributed by atoms with E-state index in [0.29, 0.717) is 5.69 Å². The van der Waals surface area contributed by atoms with Gasteiger partial charge in [-0.2, -0.15) is 0 Å². The van der Waals surface area contributed by atoms with Gasteiger partial charge in [-0.3, -0.25) is 4.79 Å². The molecule has 3 heteroatoms. The van der Waals surface area contributed by atoms with E-state index in [0.717, 1.165) is 12.8 Å². The summed E-state index contributed by atoms with van der Waals surface area (Å²) in [6.45, 7) is 2.73. The van der Waals surface area contributed by atoms with Crippen LogP contribution in [0.3, 0.4) is 0 Å². The Morgan fingerprint density at radius 2 is 2.55 bits per heavy atom. The molecule has 3 nitrogen and oxygen atoms in total. The summed E-state index contributed by atoms with van der Waals surface area (Å²) in [4.78, 5) is 14.0. The lowest BCUT2D eigenvalue weighted by atomic mass is 10.5. The Balaban J connectivity index is 2.65. The minimum Gasteiger partial charge on any atom is -0.333 e. The lowest BCUT2D eigenvalue weighted by Crippen LogP contribution is -1.89. The van der Waals surface area contributed by atoms with Gasteiger partial charge in [0.15, 0.2) is 6.29 Å². The first-order chi connectivity index (χ1) is 5.36. The van der Waals surface area contributed by atoms with E-state index in [4.69, 9.17) is 0 Å². The second-order valence-corrected chi connectivity index (χ2v) is 2.18. The average Bonchev–Trinajstić information content (AvgIpc) is 2.48. The molecule has 0 aromatic carbocycles. The fourth-order valence-corrected chi connectivity index (χ4v) is 0.765. The maximum Gasteiger partial charge on any atom is 0.169 e. The number of aromatic nitrogens is 2. The second kappa shape index (κ2) is 3.71. The molecule has 0 saturated heterocycles. The van der Waals surface area contributed by atoms with Crippen molar-refractivity contribution >= 4 is 6.29 Å². The third-order valence-electron chi connectivity index (χ3n) is 1.33. The second-order valence-electron chi connectivity index (χ2n) is 2.18. The molecule has 1 aromatic heterocycles. The number of hydrogen-bond donors (Lipinski definition) is 0. The van der Waals surface area contributed by atoms with Crippen molar-refractivity contribution in [3.8, 4) is 0 Å². The standard InChI is InChI=1S/C8H10N2O/c1-2-3-4-10-5-8(6-11)9-7-10/h2-3,5-7H,4H2,1H3/b3-2+. The zero-order valence-corrected chi connectivity index (χ0v) is 6.40. The first-order valence-electron chi connectivity index (χ1n) is 3.45. The summed E-state index contributed by atoms with van der Waals surface area (Å²) in [6, 6.07) is 0. The Morgan fingerprint density at radius 3 is 3.09 bits per heavy atom. The Hall–Kier alpha value is -1.38. The summed E-state index contributed by atoms with van der Waals surface area (Å²) < 4.78 is 1.85. The molecule has 0 amide bonds. The Morgan fingerprint density at radius 1 is 1.73 bits per heavy atom. The van der Waals surface area contributed by atoms with Crippen LogP contribution in [0.25, 0.3) is 0 Å². The highest BCUT2D eigenvalue weighted by molar-refractivity contribution is 5.70. The monoisotopic (exact) mass is 150 g/mol. The summed E-state index contributed by atoms with van der Waals surface area (Å²) >= 11 is 0. The number of imidazole rings is 1. The molecule has 1 aromatic rings. The predicted molar refractivity (Wildman–Crippen MR) is 42.4 cm³/mol. The van der Waals surface area contributed by atoms with Gasteiger partial charge in [-0.05, 0) is 6.92 Å². The molecule has 0 aliphatic carbocycles. The number of aldehydes is 1. The van der Waals surface area contributed by atoms with E-state index in [-0.39, 0.29) is 0 Å². The topological polar surface area (TPSA) is 34.9 Å². The minimum atomic E-state index is 0.481. The van der Waals surface area contributed by atoms with Crippen molar-refractivity contribution in [3.05, 3.63) is 30.4 Å². The van der Waals surface area contributed by atoms with Crippen molar-refractivity contribution in [2.24, 2.45) is 0 Å². The summed E-state index contributed by atoms with van der Waals surface area (Å²) in [5.41, 5.74) is 0.481. The van der Waals surface area contributed by atoms with Crippen molar-refractivity contribution in [2.75, 3.05) is 0 Å². The molecule has 0 saturated carbocycles. The highest BCUT2D eigenvalue weighted by Crippen LogP contribution is 1.92. The van der Waals surface area contributed by atoms with E-state index < -0.39 is 0 Å². The molecule has 1 heterocycles. The van der Waals surface area contributed by atoms with Crippen LogP contribution in [0.4, 0.5) is 0 Å².